The van der Waals surface area contributed by atoms with Gasteiger partial charge in [-0.15, -0.1) is 0 Å². The van der Waals surface area contributed by atoms with Crippen molar-refractivity contribution in [3.63, 3.8) is 0 Å². The fraction of sp³-hybridized carbons (Fsp3) is 0.229. The van der Waals surface area contributed by atoms with E-state index in [4.69, 9.17) is 32.7 Å². The summed E-state index contributed by atoms with van der Waals surface area (Å²) < 4.78 is 15.0. The molecule has 4 aromatic heterocycles. The highest BCUT2D eigenvalue weighted by Crippen LogP contribution is 2.30. The first-order chi connectivity index (χ1) is 30.5. The number of amides is 3. The van der Waals surface area contributed by atoms with Crippen LogP contribution in [0, 0.1) is 0 Å². The molecule has 336 valence electrons. The summed E-state index contributed by atoms with van der Waals surface area (Å²) in [5.74, 6) is -1.77. The molecule has 0 spiro atoms. The summed E-state index contributed by atoms with van der Waals surface area (Å²) in [7, 11) is 4.85. The fourth-order valence-electron chi connectivity index (χ4n) is 6.41. The van der Waals surface area contributed by atoms with E-state index in [1.807, 2.05) is 12.1 Å². The number of pyridine rings is 2. The molecule has 0 unspecified atom stereocenters. The summed E-state index contributed by atoms with van der Waals surface area (Å²) in [6, 6.07) is 23.7. The Morgan fingerprint density at radius 2 is 1.06 bits per heavy atom. The minimum absolute atomic E-state index is 0.167. The lowest BCUT2D eigenvalue weighted by molar-refractivity contribution is 0.00572. The van der Waals surface area contributed by atoms with Gasteiger partial charge in [0.15, 0.2) is 0 Å². The molecule has 0 aliphatic rings. The third-order valence-corrected chi connectivity index (χ3v) is 11.0. The van der Waals surface area contributed by atoms with Crippen LogP contribution in [0.1, 0.15) is 93.3 Å². The fourth-order valence-corrected chi connectivity index (χ4v) is 7.19. The molecule has 7 aromatic rings. The number of halogens is 3. The van der Waals surface area contributed by atoms with Gasteiger partial charge < -0.3 is 24.6 Å². The van der Waals surface area contributed by atoms with Crippen LogP contribution in [0.4, 0.5) is 11.4 Å². The van der Waals surface area contributed by atoms with Gasteiger partial charge in [0, 0.05) is 67.2 Å². The Kier molecular flexibility index (Phi) is 14.2. The molecule has 0 aliphatic carbocycles. The van der Waals surface area contributed by atoms with Gasteiger partial charge in [-0.1, -0.05) is 35.3 Å². The van der Waals surface area contributed by atoms with E-state index in [2.05, 4.69) is 31.4 Å². The minimum atomic E-state index is -0.681. The standard InChI is InChI=1S/C28H27ClN4O4.C20H19BrClN3O3/c1-28(2,3)37-27(36)21-15-20(10-11-23(21)29)32(5)26(35)19-12-13-33-24(14-19)22(16-31-33)17-6-8-18(9-7-17)25(34)30-4;1-20(2,3)28-19(27)14-10-13(5-6-16(14)22)24(4)18(26)12-7-8-25-17(9-12)15(21)11-23-25/h6-16H,1-5H3,(H,30,34);5-11H,1-4H3. The largest absolute Gasteiger partial charge is 0.456 e. The topological polar surface area (TPSA) is 157 Å². The first-order valence-corrected chi connectivity index (χ1v) is 21.6. The van der Waals surface area contributed by atoms with Crippen molar-refractivity contribution in [3.05, 3.63) is 152 Å². The number of nitrogens with one attached hydrogen (secondary N) is 1. The number of carbonyl (C=O) groups is 5. The molecule has 0 bridgehead atoms. The first kappa shape index (κ1) is 47.9. The minimum Gasteiger partial charge on any atom is -0.456 e. The van der Waals surface area contributed by atoms with Gasteiger partial charge in [0.25, 0.3) is 17.7 Å². The summed E-state index contributed by atoms with van der Waals surface area (Å²) in [6.07, 6.45) is 6.82. The molecule has 14 nitrogen and oxygen atoms in total. The highest BCUT2D eigenvalue weighted by molar-refractivity contribution is 9.10. The molecule has 0 saturated heterocycles. The number of anilines is 2. The first-order valence-electron chi connectivity index (χ1n) is 20.1. The molecule has 17 heteroatoms. The average Bonchev–Trinajstić information content (AvgIpc) is 3.86. The molecule has 65 heavy (non-hydrogen) atoms. The van der Waals surface area contributed by atoms with Gasteiger partial charge in [-0.3, -0.25) is 14.4 Å². The van der Waals surface area contributed by atoms with E-state index in [-0.39, 0.29) is 38.9 Å². The maximum Gasteiger partial charge on any atom is 0.340 e. The summed E-state index contributed by atoms with van der Waals surface area (Å²) in [5.41, 5.74) is 4.76. The number of hydrogen-bond donors (Lipinski definition) is 1. The van der Waals surface area contributed by atoms with Crippen LogP contribution in [0.2, 0.25) is 10.0 Å². The zero-order valence-corrected chi connectivity index (χ0v) is 40.2. The van der Waals surface area contributed by atoms with Crippen molar-refractivity contribution in [3.8, 4) is 11.1 Å². The van der Waals surface area contributed by atoms with Crippen molar-refractivity contribution < 1.29 is 33.4 Å². The third-order valence-electron chi connectivity index (χ3n) is 9.70. The zero-order valence-electron chi connectivity index (χ0n) is 37.1. The zero-order chi connectivity index (χ0) is 47.5. The van der Waals surface area contributed by atoms with Crippen molar-refractivity contribution in [2.45, 2.75) is 52.7 Å². The second-order valence-corrected chi connectivity index (χ2v) is 18.4. The van der Waals surface area contributed by atoms with E-state index in [9.17, 15) is 24.0 Å². The Balaban J connectivity index is 0.000000224. The number of aromatic nitrogens is 4. The van der Waals surface area contributed by atoms with E-state index in [0.29, 0.717) is 28.1 Å². The van der Waals surface area contributed by atoms with Crippen molar-refractivity contribution in [2.75, 3.05) is 30.9 Å². The summed E-state index contributed by atoms with van der Waals surface area (Å²) >= 11 is 15.8. The number of rotatable bonds is 8. The van der Waals surface area contributed by atoms with Crippen molar-refractivity contribution in [1.29, 1.82) is 0 Å². The predicted molar refractivity (Wildman–Crippen MR) is 256 cm³/mol. The number of nitrogens with zero attached hydrogens (tertiary/aromatic N) is 6. The summed E-state index contributed by atoms with van der Waals surface area (Å²) in [4.78, 5) is 66.2. The van der Waals surface area contributed by atoms with Gasteiger partial charge in [0.05, 0.1) is 49.1 Å². The van der Waals surface area contributed by atoms with E-state index in [1.165, 1.54) is 9.80 Å². The average molecular weight is 984 g/mol. The van der Waals surface area contributed by atoms with E-state index in [0.717, 1.165) is 26.6 Å². The SMILES string of the molecule is CN(C(=O)c1ccn2ncc(Br)c2c1)c1ccc(Cl)c(C(=O)OC(C)(C)C)c1.CNC(=O)c1ccc(-c2cnn3ccc(C(=O)N(C)c4ccc(Cl)c(C(=O)OC(C)(C)C)c4)cc23)cc1. The summed E-state index contributed by atoms with van der Waals surface area (Å²) in [6.45, 7) is 10.7. The second kappa shape index (κ2) is 19.3. The quantitative estimate of drug-likeness (QED) is 0.146. The van der Waals surface area contributed by atoms with Gasteiger partial charge in [-0.2, -0.15) is 10.2 Å². The molecule has 7 rings (SSSR count). The van der Waals surface area contributed by atoms with Crippen LogP contribution in [-0.2, 0) is 9.47 Å². The van der Waals surface area contributed by atoms with Gasteiger partial charge in [0.2, 0.25) is 0 Å². The van der Waals surface area contributed by atoms with Gasteiger partial charge in [0.1, 0.15) is 11.2 Å². The molecule has 0 saturated carbocycles. The smallest absolute Gasteiger partial charge is 0.340 e. The molecular weight excluding hydrogens is 937 g/mol. The maximum absolute atomic E-state index is 13.4. The number of benzene rings is 3. The Labute approximate surface area is 394 Å². The Hall–Kier alpha value is -6.55. The molecule has 0 aliphatic heterocycles. The lowest BCUT2D eigenvalue weighted by Gasteiger charge is -2.22. The van der Waals surface area contributed by atoms with Gasteiger partial charge in [-0.25, -0.2) is 18.6 Å². The molecule has 0 atom stereocenters. The van der Waals surface area contributed by atoms with Gasteiger partial charge in [-0.05, 0) is 136 Å². The number of ether oxygens (including phenoxy) is 2. The predicted octanol–water partition coefficient (Wildman–Crippen LogP) is 10.2. The molecule has 0 fully saturated rings. The lowest BCUT2D eigenvalue weighted by Crippen LogP contribution is -2.27. The van der Waals surface area contributed by atoms with Crippen LogP contribution >= 0.6 is 39.1 Å². The Bertz CT molecular complexity index is 2970. The number of hydrogen-bond acceptors (Lipinski definition) is 9. The van der Waals surface area contributed by atoms with E-state index < -0.39 is 23.1 Å². The third kappa shape index (κ3) is 11.2. The van der Waals surface area contributed by atoms with E-state index in [1.54, 1.807) is 169 Å². The number of fused-ring (bicyclic) bond motifs is 2. The highest BCUT2D eigenvalue weighted by atomic mass is 79.9. The molecular formula is C48H46BrCl2N7O7. The van der Waals surface area contributed by atoms with Crippen molar-refractivity contribution >= 4 is 91.2 Å². The van der Waals surface area contributed by atoms with Crippen LogP contribution < -0.4 is 15.1 Å². The molecule has 4 heterocycles. The Morgan fingerprint density at radius 3 is 1.52 bits per heavy atom. The van der Waals surface area contributed by atoms with Crippen LogP contribution in [-0.4, -0.2) is 81.2 Å². The van der Waals surface area contributed by atoms with Crippen LogP contribution in [0.25, 0.3) is 22.2 Å². The molecule has 0 radical (unpaired) electrons. The number of esters is 2. The Morgan fingerprint density at radius 1 is 0.615 bits per heavy atom. The number of carbonyl (C=O) groups excluding carboxylic acids is 5. The van der Waals surface area contributed by atoms with Crippen molar-refractivity contribution in [1.82, 2.24) is 24.5 Å². The second-order valence-electron chi connectivity index (χ2n) is 16.8. The maximum atomic E-state index is 13.4. The lowest BCUT2D eigenvalue weighted by atomic mass is 10.0. The van der Waals surface area contributed by atoms with Crippen molar-refractivity contribution in [2.24, 2.45) is 0 Å². The molecule has 3 aromatic carbocycles. The van der Waals surface area contributed by atoms with E-state index >= 15 is 0 Å². The van der Waals surface area contributed by atoms with Gasteiger partial charge >= 0.3 is 11.9 Å². The molecule has 1 N–H and O–H groups in total. The van der Waals surface area contributed by atoms with Crippen LogP contribution in [0.15, 0.2) is 114 Å². The molecule has 3 amide bonds. The monoisotopic (exact) mass is 981 g/mol. The summed E-state index contributed by atoms with van der Waals surface area (Å²) in [5, 5.41) is 11.7. The highest BCUT2D eigenvalue weighted by Gasteiger charge is 2.25. The van der Waals surface area contributed by atoms with Crippen LogP contribution in [0.3, 0.4) is 0 Å². The normalized spacial score (nSPS) is 11.4. The van der Waals surface area contributed by atoms with Crippen LogP contribution in [0.5, 0.6) is 0 Å².